The van der Waals surface area contributed by atoms with Crippen LogP contribution < -0.4 is 5.32 Å². The Balaban J connectivity index is 1.46. The highest BCUT2D eigenvalue weighted by Crippen LogP contribution is 2.50. The molecule has 1 saturated carbocycles. The number of aryl methyl sites for hydroxylation is 1. The molecular formula is C19H17ClN4O. The van der Waals surface area contributed by atoms with Crippen LogP contribution in [-0.2, 0) is 4.79 Å². The van der Waals surface area contributed by atoms with E-state index in [0.717, 1.165) is 34.1 Å². The molecule has 2 N–H and O–H groups in total. The lowest BCUT2D eigenvalue weighted by Crippen LogP contribution is -2.14. The summed E-state index contributed by atoms with van der Waals surface area (Å²) in [6, 6.07) is 15.3. The second-order valence-corrected chi connectivity index (χ2v) is 6.69. The highest BCUT2D eigenvalue weighted by molar-refractivity contribution is 6.31. The van der Waals surface area contributed by atoms with Gasteiger partial charge in [-0.1, -0.05) is 41.9 Å². The van der Waals surface area contributed by atoms with Gasteiger partial charge in [-0.25, -0.2) is 4.98 Å². The van der Waals surface area contributed by atoms with Crippen LogP contribution in [0, 0.1) is 12.8 Å². The largest absolute Gasteiger partial charge is 0.326 e. The van der Waals surface area contributed by atoms with Crippen LogP contribution in [0.5, 0.6) is 0 Å². The summed E-state index contributed by atoms with van der Waals surface area (Å²) >= 11 is 6.23. The molecule has 2 atom stereocenters. The number of aromatic amines is 1. The molecular weight excluding hydrogens is 336 g/mol. The maximum absolute atomic E-state index is 12.5. The van der Waals surface area contributed by atoms with Crippen molar-refractivity contribution in [2.45, 2.75) is 19.3 Å². The SMILES string of the molecule is Cc1nc(-c2cccc(NC(=O)C3CC3c3ccccc3Cl)c2)n[nH]1. The van der Waals surface area contributed by atoms with Gasteiger partial charge >= 0.3 is 0 Å². The van der Waals surface area contributed by atoms with Crippen LogP contribution in [0.1, 0.15) is 23.7 Å². The Bertz CT molecular complexity index is 936. The summed E-state index contributed by atoms with van der Waals surface area (Å²) < 4.78 is 0. The molecule has 0 spiro atoms. The van der Waals surface area contributed by atoms with E-state index < -0.39 is 0 Å². The van der Waals surface area contributed by atoms with Crippen molar-refractivity contribution in [1.82, 2.24) is 15.2 Å². The second kappa shape index (κ2) is 6.33. The number of nitrogens with zero attached hydrogens (tertiary/aromatic N) is 2. The van der Waals surface area contributed by atoms with Gasteiger partial charge in [0.25, 0.3) is 0 Å². The Hall–Kier alpha value is -2.66. The molecule has 2 unspecified atom stereocenters. The van der Waals surface area contributed by atoms with E-state index in [0.29, 0.717) is 5.82 Å². The number of hydrogen-bond acceptors (Lipinski definition) is 3. The fraction of sp³-hybridized carbons (Fsp3) is 0.211. The summed E-state index contributed by atoms with van der Waals surface area (Å²) in [6.07, 6.45) is 0.829. The minimum absolute atomic E-state index is 0.0215. The second-order valence-electron chi connectivity index (χ2n) is 6.28. The molecule has 2 aromatic carbocycles. The van der Waals surface area contributed by atoms with E-state index in [2.05, 4.69) is 20.5 Å². The van der Waals surface area contributed by atoms with E-state index in [4.69, 9.17) is 11.6 Å². The topological polar surface area (TPSA) is 70.7 Å². The number of benzene rings is 2. The van der Waals surface area contributed by atoms with Crippen LogP contribution in [0.2, 0.25) is 5.02 Å². The molecule has 1 heterocycles. The average Bonchev–Trinajstić information content (AvgIpc) is 3.29. The fourth-order valence-electron chi connectivity index (χ4n) is 3.05. The van der Waals surface area contributed by atoms with E-state index in [1.807, 2.05) is 55.5 Å². The zero-order valence-electron chi connectivity index (χ0n) is 13.7. The molecule has 1 aromatic heterocycles. The predicted octanol–water partition coefficient (Wildman–Crippen LogP) is 4.18. The maximum Gasteiger partial charge on any atom is 0.228 e. The summed E-state index contributed by atoms with van der Waals surface area (Å²) in [5.74, 6) is 1.56. The molecule has 4 rings (SSSR count). The van der Waals surface area contributed by atoms with Crippen LogP contribution in [0.25, 0.3) is 11.4 Å². The normalized spacial score (nSPS) is 18.8. The third kappa shape index (κ3) is 3.28. The minimum atomic E-state index is -0.0330. The molecule has 0 bridgehead atoms. The van der Waals surface area contributed by atoms with Crippen molar-refractivity contribution in [3.05, 3.63) is 64.9 Å². The number of hydrogen-bond donors (Lipinski definition) is 2. The first-order chi connectivity index (χ1) is 12.1. The zero-order valence-corrected chi connectivity index (χ0v) is 14.4. The number of nitrogens with one attached hydrogen (secondary N) is 2. The first-order valence-electron chi connectivity index (χ1n) is 8.16. The quantitative estimate of drug-likeness (QED) is 0.740. The highest BCUT2D eigenvalue weighted by atomic mass is 35.5. The van der Waals surface area contributed by atoms with E-state index in [-0.39, 0.29) is 17.7 Å². The van der Waals surface area contributed by atoms with Gasteiger partial charge in [0.1, 0.15) is 5.82 Å². The molecule has 5 nitrogen and oxygen atoms in total. The lowest BCUT2D eigenvalue weighted by Gasteiger charge is -2.07. The number of halogens is 1. The summed E-state index contributed by atoms with van der Waals surface area (Å²) in [4.78, 5) is 16.8. The Morgan fingerprint density at radius 1 is 1.24 bits per heavy atom. The van der Waals surface area contributed by atoms with Gasteiger partial charge in [-0.05, 0) is 43.0 Å². The van der Waals surface area contributed by atoms with Crippen molar-refractivity contribution in [1.29, 1.82) is 0 Å². The Labute approximate surface area is 150 Å². The first-order valence-corrected chi connectivity index (χ1v) is 8.54. The summed E-state index contributed by atoms with van der Waals surface area (Å²) in [6.45, 7) is 1.85. The summed E-state index contributed by atoms with van der Waals surface area (Å²) in [7, 11) is 0. The monoisotopic (exact) mass is 352 g/mol. The highest BCUT2D eigenvalue weighted by Gasteiger charge is 2.44. The molecule has 126 valence electrons. The molecule has 3 aromatic rings. The first kappa shape index (κ1) is 15.8. The smallest absolute Gasteiger partial charge is 0.228 e. The standard InChI is InChI=1S/C19H17ClN4O/c1-11-21-18(24-23-11)12-5-4-6-13(9-12)22-19(25)16-10-15(16)14-7-2-3-8-17(14)20/h2-9,15-16H,10H2,1H3,(H,22,25)(H,21,23,24). The van der Waals surface area contributed by atoms with Gasteiger partial charge in [0.2, 0.25) is 5.91 Å². The van der Waals surface area contributed by atoms with Crippen molar-refractivity contribution in [3.8, 4) is 11.4 Å². The van der Waals surface area contributed by atoms with Gasteiger partial charge < -0.3 is 5.32 Å². The van der Waals surface area contributed by atoms with Crippen molar-refractivity contribution >= 4 is 23.2 Å². The van der Waals surface area contributed by atoms with Crippen molar-refractivity contribution < 1.29 is 4.79 Å². The van der Waals surface area contributed by atoms with E-state index >= 15 is 0 Å². The molecule has 25 heavy (non-hydrogen) atoms. The van der Waals surface area contributed by atoms with Crippen molar-refractivity contribution in [3.63, 3.8) is 0 Å². The summed E-state index contributed by atoms with van der Waals surface area (Å²) in [5, 5.41) is 10.7. The summed E-state index contributed by atoms with van der Waals surface area (Å²) in [5.41, 5.74) is 2.66. The Kier molecular flexibility index (Phi) is 4.01. The molecule has 0 saturated heterocycles. The van der Waals surface area contributed by atoms with Crippen molar-refractivity contribution in [2.75, 3.05) is 5.32 Å². The van der Waals surface area contributed by atoms with E-state index in [1.165, 1.54) is 0 Å². The van der Waals surface area contributed by atoms with Crippen molar-refractivity contribution in [2.24, 2.45) is 5.92 Å². The predicted molar refractivity (Wildman–Crippen MR) is 97.5 cm³/mol. The van der Waals surface area contributed by atoms with Gasteiger partial charge in [-0.3, -0.25) is 9.89 Å². The number of carbonyl (C=O) groups excluding carboxylic acids is 1. The Morgan fingerprint density at radius 3 is 2.84 bits per heavy atom. The number of H-pyrrole nitrogens is 1. The third-order valence-electron chi connectivity index (χ3n) is 4.42. The van der Waals surface area contributed by atoms with Crippen LogP contribution in [0.4, 0.5) is 5.69 Å². The van der Waals surface area contributed by atoms with Crippen LogP contribution in [0.3, 0.4) is 0 Å². The molecule has 0 aliphatic heterocycles. The van der Waals surface area contributed by atoms with Gasteiger partial charge in [0.15, 0.2) is 5.82 Å². The maximum atomic E-state index is 12.5. The van der Waals surface area contributed by atoms with Crippen LogP contribution >= 0.6 is 11.6 Å². The van der Waals surface area contributed by atoms with Gasteiger partial charge in [0, 0.05) is 22.2 Å². The molecule has 1 fully saturated rings. The lowest BCUT2D eigenvalue weighted by molar-refractivity contribution is -0.117. The minimum Gasteiger partial charge on any atom is -0.326 e. The van der Waals surface area contributed by atoms with E-state index in [1.54, 1.807) is 0 Å². The number of aromatic nitrogens is 3. The molecule has 0 radical (unpaired) electrons. The molecule has 1 aliphatic rings. The molecule has 6 heteroatoms. The van der Waals surface area contributed by atoms with Crippen LogP contribution in [-0.4, -0.2) is 21.1 Å². The number of carbonyl (C=O) groups is 1. The average molecular weight is 353 g/mol. The van der Waals surface area contributed by atoms with Gasteiger partial charge in [0.05, 0.1) is 0 Å². The fourth-order valence-corrected chi connectivity index (χ4v) is 3.32. The number of anilines is 1. The number of amides is 1. The van der Waals surface area contributed by atoms with Crippen LogP contribution in [0.15, 0.2) is 48.5 Å². The molecule has 1 aliphatic carbocycles. The molecule has 1 amide bonds. The number of rotatable bonds is 4. The zero-order chi connectivity index (χ0) is 17.4. The third-order valence-corrected chi connectivity index (χ3v) is 4.76. The Morgan fingerprint density at radius 2 is 2.08 bits per heavy atom. The van der Waals surface area contributed by atoms with Gasteiger partial charge in [-0.2, -0.15) is 5.10 Å². The van der Waals surface area contributed by atoms with Gasteiger partial charge in [-0.15, -0.1) is 0 Å². The van der Waals surface area contributed by atoms with E-state index in [9.17, 15) is 4.79 Å². The lowest BCUT2D eigenvalue weighted by atomic mass is 10.1.